The van der Waals surface area contributed by atoms with E-state index in [1.54, 1.807) is 25.4 Å². The highest BCUT2D eigenvalue weighted by Gasteiger charge is 2.26. The van der Waals surface area contributed by atoms with Gasteiger partial charge in [0, 0.05) is 50.1 Å². The van der Waals surface area contributed by atoms with E-state index >= 15 is 0 Å². The maximum atomic E-state index is 12.2. The van der Waals surface area contributed by atoms with Gasteiger partial charge in [0.05, 0.1) is 18.8 Å². The van der Waals surface area contributed by atoms with Gasteiger partial charge in [-0.15, -0.1) is 12.4 Å². The summed E-state index contributed by atoms with van der Waals surface area (Å²) in [5.41, 5.74) is 2.49. The number of ether oxygens (including phenoxy) is 1. The summed E-state index contributed by atoms with van der Waals surface area (Å²) >= 11 is 0. The minimum atomic E-state index is -0.0889. The van der Waals surface area contributed by atoms with Crippen molar-refractivity contribution in [2.24, 2.45) is 0 Å². The van der Waals surface area contributed by atoms with Crippen LogP contribution >= 0.6 is 12.4 Å². The number of H-pyrrole nitrogens is 1. The van der Waals surface area contributed by atoms with Crippen LogP contribution in [0.4, 0.5) is 0 Å². The summed E-state index contributed by atoms with van der Waals surface area (Å²) < 4.78 is 6.98. The average Bonchev–Trinajstić information content (AvgIpc) is 3.11. The van der Waals surface area contributed by atoms with Crippen molar-refractivity contribution in [1.82, 2.24) is 24.8 Å². The molecule has 8 heteroatoms. The first-order valence-electron chi connectivity index (χ1n) is 8.40. The van der Waals surface area contributed by atoms with Crippen LogP contribution in [0.3, 0.4) is 0 Å². The van der Waals surface area contributed by atoms with Gasteiger partial charge in [0.25, 0.3) is 5.56 Å². The Morgan fingerprint density at radius 3 is 3.00 bits per heavy atom. The fourth-order valence-corrected chi connectivity index (χ4v) is 3.45. The number of methoxy groups -OCH3 is 1. The normalized spacial score (nSPS) is 17.8. The molecule has 2 aromatic heterocycles. The van der Waals surface area contributed by atoms with Gasteiger partial charge in [0.2, 0.25) is 0 Å². The molecule has 1 aliphatic rings. The molecule has 0 saturated carbocycles. The second kappa shape index (κ2) is 7.90. The number of para-hydroxylation sites is 1. The van der Waals surface area contributed by atoms with Gasteiger partial charge in [-0.1, -0.05) is 18.2 Å². The molecule has 1 atom stereocenters. The van der Waals surface area contributed by atoms with Crippen LogP contribution in [0.1, 0.15) is 17.3 Å². The molecule has 1 unspecified atom stereocenters. The van der Waals surface area contributed by atoms with E-state index in [1.807, 2.05) is 18.2 Å². The minimum absolute atomic E-state index is 0. The summed E-state index contributed by atoms with van der Waals surface area (Å²) in [6, 6.07) is 11.7. The molecule has 7 nitrogen and oxygen atoms in total. The Hall–Kier alpha value is -2.35. The summed E-state index contributed by atoms with van der Waals surface area (Å²) in [5.74, 6) is 0.885. The molecule has 1 fully saturated rings. The van der Waals surface area contributed by atoms with Gasteiger partial charge >= 0.3 is 0 Å². The number of benzene rings is 1. The lowest BCUT2D eigenvalue weighted by Gasteiger charge is -2.36. The molecule has 26 heavy (non-hydrogen) atoms. The van der Waals surface area contributed by atoms with Crippen LogP contribution in [-0.4, -0.2) is 46.2 Å². The number of halogens is 1. The van der Waals surface area contributed by atoms with Crippen LogP contribution < -0.4 is 15.6 Å². The number of nitrogens with one attached hydrogen (secondary N) is 2. The van der Waals surface area contributed by atoms with Gasteiger partial charge in [0.1, 0.15) is 5.75 Å². The van der Waals surface area contributed by atoms with E-state index < -0.39 is 0 Å². The molecule has 3 heterocycles. The Bertz CT molecular complexity index is 938. The highest BCUT2D eigenvalue weighted by atomic mass is 35.5. The molecule has 0 spiro atoms. The predicted octanol–water partition coefficient (Wildman–Crippen LogP) is 1.60. The van der Waals surface area contributed by atoms with Crippen LogP contribution in [0.2, 0.25) is 0 Å². The van der Waals surface area contributed by atoms with Gasteiger partial charge < -0.3 is 10.1 Å². The fraction of sp³-hybridized carbons (Fsp3) is 0.333. The molecule has 1 aromatic carbocycles. The van der Waals surface area contributed by atoms with Crippen LogP contribution in [0.25, 0.3) is 5.65 Å². The van der Waals surface area contributed by atoms with Gasteiger partial charge in [0.15, 0.2) is 5.65 Å². The van der Waals surface area contributed by atoms with E-state index in [-0.39, 0.29) is 24.0 Å². The molecule has 4 rings (SSSR count). The fourth-order valence-electron chi connectivity index (χ4n) is 3.45. The maximum absolute atomic E-state index is 12.2. The van der Waals surface area contributed by atoms with Gasteiger partial charge in [-0.2, -0.15) is 0 Å². The molecule has 138 valence electrons. The van der Waals surface area contributed by atoms with Crippen molar-refractivity contribution in [1.29, 1.82) is 0 Å². The monoisotopic (exact) mass is 375 g/mol. The summed E-state index contributed by atoms with van der Waals surface area (Å²) in [5, 5.41) is 6.32. The topological polar surface area (TPSA) is 74.7 Å². The largest absolute Gasteiger partial charge is 0.496 e. The Kier molecular flexibility index (Phi) is 5.61. The first-order valence-corrected chi connectivity index (χ1v) is 8.40. The van der Waals surface area contributed by atoms with Gasteiger partial charge in [-0.3, -0.25) is 14.8 Å². The van der Waals surface area contributed by atoms with Crippen molar-refractivity contribution in [3.05, 3.63) is 64.2 Å². The quantitative estimate of drug-likeness (QED) is 0.724. The molecule has 0 bridgehead atoms. The third kappa shape index (κ3) is 3.46. The van der Waals surface area contributed by atoms with Gasteiger partial charge in [-0.05, 0) is 6.07 Å². The van der Waals surface area contributed by atoms with Crippen molar-refractivity contribution in [2.45, 2.75) is 12.6 Å². The number of hydrogen-bond donors (Lipinski definition) is 2. The number of rotatable bonds is 4. The number of hydrogen-bond acceptors (Lipinski definition) is 5. The van der Waals surface area contributed by atoms with Crippen LogP contribution in [0.5, 0.6) is 5.75 Å². The van der Waals surface area contributed by atoms with Crippen molar-refractivity contribution in [2.75, 3.05) is 26.7 Å². The summed E-state index contributed by atoms with van der Waals surface area (Å²) in [6.45, 7) is 3.26. The van der Waals surface area contributed by atoms with E-state index in [4.69, 9.17) is 4.74 Å². The lowest BCUT2D eigenvalue weighted by Crippen LogP contribution is -2.45. The SMILES string of the molecule is COc1ccccc1C1CNCCN1Cc1cc(=O)n2[nH]ccc2n1.Cl. The van der Waals surface area contributed by atoms with Crippen molar-refractivity contribution in [3.8, 4) is 5.75 Å². The molecule has 1 aliphatic heterocycles. The Morgan fingerprint density at radius 1 is 1.31 bits per heavy atom. The van der Waals surface area contributed by atoms with Crippen LogP contribution in [-0.2, 0) is 6.54 Å². The molecular formula is C18H22ClN5O2. The molecule has 1 saturated heterocycles. The first kappa shape index (κ1) is 18.4. The number of fused-ring (bicyclic) bond motifs is 1. The number of aromatic nitrogens is 3. The van der Waals surface area contributed by atoms with E-state index in [0.717, 1.165) is 36.6 Å². The highest BCUT2D eigenvalue weighted by molar-refractivity contribution is 5.85. The third-order valence-electron chi connectivity index (χ3n) is 4.65. The second-order valence-corrected chi connectivity index (χ2v) is 6.17. The van der Waals surface area contributed by atoms with Crippen molar-refractivity contribution in [3.63, 3.8) is 0 Å². The lowest BCUT2D eigenvalue weighted by molar-refractivity contribution is 0.149. The first-order chi connectivity index (χ1) is 12.3. The molecule has 0 amide bonds. The van der Waals surface area contributed by atoms with Crippen molar-refractivity contribution >= 4 is 18.1 Å². The smallest absolute Gasteiger partial charge is 0.272 e. The number of piperazine rings is 1. The molecule has 0 radical (unpaired) electrons. The zero-order valence-corrected chi connectivity index (χ0v) is 15.3. The number of aromatic amines is 1. The summed E-state index contributed by atoms with van der Waals surface area (Å²) in [6.07, 6.45) is 1.72. The Balaban J connectivity index is 0.00000196. The van der Waals surface area contributed by atoms with E-state index in [1.165, 1.54) is 4.52 Å². The Morgan fingerprint density at radius 2 is 2.15 bits per heavy atom. The van der Waals surface area contributed by atoms with E-state index in [0.29, 0.717) is 12.2 Å². The van der Waals surface area contributed by atoms with Crippen LogP contribution in [0.15, 0.2) is 47.4 Å². The van der Waals surface area contributed by atoms with Crippen LogP contribution in [0, 0.1) is 0 Å². The molecule has 0 aliphatic carbocycles. The highest BCUT2D eigenvalue weighted by Crippen LogP contribution is 2.30. The van der Waals surface area contributed by atoms with E-state index in [9.17, 15) is 4.79 Å². The van der Waals surface area contributed by atoms with E-state index in [2.05, 4.69) is 26.4 Å². The maximum Gasteiger partial charge on any atom is 0.272 e. The minimum Gasteiger partial charge on any atom is -0.496 e. The molecular weight excluding hydrogens is 354 g/mol. The summed E-state index contributed by atoms with van der Waals surface area (Å²) in [7, 11) is 1.70. The number of nitrogens with zero attached hydrogens (tertiary/aromatic N) is 3. The predicted molar refractivity (Wildman–Crippen MR) is 102 cm³/mol. The Labute approximate surface area is 157 Å². The zero-order valence-electron chi connectivity index (χ0n) is 14.5. The molecule has 2 N–H and O–H groups in total. The lowest BCUT2D eigenvalue weighted by atomic mass is 10.0. The van der Waals surface area contributed by atoms with Crippen molar-refractivity contribution < 1.29 is 4.74 Å². The summed E-state index contributed by atoms with van der Waals surface area (Å²) in [4.78, 5) is 19.1. The average molecular weight is 376 g/mol. The zero-order chi connectivity index (χ0) is 17.2. The molecule has 3 aromatic rings. The second-order valence-electron chi connectivity index (χ2n) is 6.17. The standard InChI is InChI=1S/C18H21N5O2.ClH/c1-25-16-5-3-2-4-14(16)15-11-19-8-9-22(15)12-13-10-18(24)23-17(21-13)6-7-20-23;/h2-7,10,15,19-20H,8-9,11-12H2,1H3;1H. The van der Waals surface area contributed by atoms with Gasteiger partial charge in [-0.25, -0.2) is 9.50 Å². The third-order valence-corrected chi connectivity index (χ3v) is 4.65.